The molecule has 1 atom stereocenters. The molecule has 0 aromatic heterocycles. The molecule has 13 heavy (non-hydrogen) atoms. The van der Waals surface area contributed by atoms with Crippen LogP contribution in [0.15, 0.2) is 24.3 Å². The average molecular weight is 179 g/mol. The van der Waals surface area contributed by atoms with Gasteiger partial charge < -0.3 is 10.5 Å². The molecular weight excluding hydrogens is 162 g/mol. The number of nitrogens with two attached hydrogens (primary N) is 1. The van der Waals surface area contributed by atoms with Gasteiger partial charge in [0.2, 0.25) is 0 Å². The van der Waals surface area contributed by atoms with Crippen LogP contribution in [0.2, 0.25) is 0 Å². The third-order valence-electron chi connectivity index (χ3n) is 2.24. The van der Waals surface area contributed by atoms with Crippen molar-refractivity contribution in [1.82, 2.24) is 0 Å². The van der Waals surface area contributed by atoms with Crippen LogP contribution in [-0.2, 0) is 11.3 Å². The highest BCUT2D eigenvalue weighted by Crippen LogP contribution is 2.19. The van der Waals surface area contributed by atoms with E-state index in [9.17, 15) is 0 Å². The Hall–Kier alpha value is -0.860. The zero-order chi connectivity index (χ0) is 9.68. The zero-order valence-corrected chi connectivity index (χ0v) is 8.29. The monoisotopic (exact) mass is 179 g/mol. The van der Waals surface area contributed by atoms with Crippen molar-refractivity contribution in [3.8, 4) is 0 Å². The first kappa shape index (κ1) is 10.2. The van der Waals surface area contributed by atoms with Crippen LogP contribution in [0.1, 0.15) is 30.6 Å². The molecule has 0 saturated carbocycles. The fourth-order valence-electron chi connectivity index (χ4n) is 1.41. The van der Waals surface area contributed by atoms with E-state index in [-0.39, 0.29) is 6.10 Å². The molecule has 1 rings (SSSR count). The van der Waals surface area contributed by atoms with Gasteiger partial charge >= 0.3 is 0 Å². The quantitative estimate of drug-likeness (QED) is 0.769. The lowest BCUT2D eigenvalue weighted by molar-refractivity contribution is 0.100. The van der Waals surface area contributed by atoms with E-state index in [1.165, 1.54) is 5.56 Å². The summed E-state index contributed by atoms with van der Waals surface area (Å²) in [5, 5.41) is 0. The number of methoxy groups -OCH3 is 1. The van der Waals surface area contributed by atoms with Crippen LogP contribution in [0.4, 0.5) is 0 Å². The maximum atomic E-state index is 5.51. The summed E-state index contributed by atoms with van der Waals surface area (Å²) in [7, 11) is 1.74. The van der Waals surface area contributed by atoms with Gasteiger partial charge in [0.25, 0.3) is 0 Å². The highest BCUT2D eigenvalue weighted by molar-refractivity contribution is 5.24. The van der Waals surface area contributed by atoms with E-state index in [1.807, 2.05) is 0 Å². The molecule has 0 amide bonds. The van der Waals surface area contributed by atoms with Crippen molar-refractivity contribution in [3.05, 3.63) is 35.4 Å². The topological polar surface area (TPSA) is 35.2 Å². The normalized spacial score (nSPS) is 12.8. The van der Waals surface area contributed by atoms with E-state index >= 15 is 0 Å². The zero-order valence-electron chi connectivity index (χ0n) is 8.29. The van der Waals surface area contributed by atoms with Crippen LogP contribution in [0.25, 0.3) is 0 Å². The summed E-state index contributed by atoms with van der Waals surface area (Å²) in [6.07, 6.45) is 1.21. The van der Waals surface area contributed by atoms with Crippen LogP contribution >= 0.6 is 0 Å². The van der Waals surface area contributed by atoms with Gasteiger partial charge in [0, 0.05) is 13.7 Å². The SMILES string of the molecule is CC[C@@H](OC)c1ccc(CN)cc1. The Balaban J connectivity index is 2.78. The van der Waals surface area contributed by atoms with Gasteiger partial charge in [-0.25, -0.2) is 0 Å². The molecule has 2 N–H and O–H groups in total. The van der Waals surface area contributed by atoms with Gasteiger partial charge in [-0.15, -0.1) is 0 Å². The molecule has 0 saturated heterocycles. The average Bonchev–Trinajstić information content (AvgIpc) is 2.21. The molecule has 0 aliphatic carbocycles. The maximum absolute atomic E-state index is 5.51. The first-order chi connectivity index (χ1) is 6.31. The standard InChI is InChI=1S/C11H17NO/c1-3-11(13-2)10-6-4-9(8-12)5-7-10/h4-7,11H,3,8,12H2,1-2H3/t11-/m1/s1. The van der Waals surface area contributed by atoms with Crippen molar-refractivity contribution in [3.63, 3.8) is 0 Å². The van der Waals surface area contributed by atoms with E-state index < -0.39 is 0 Å². The summed E-state index contributed by atoms with van der Waals surface area (Å²) >= 11 is 0. The molecule has 0 aliphatic heterocycles. The fraction of sp³-hybridized carbons (Fsp3) is 0.455. The summed E-state index contributed by atoms with van der Waals surface area (Å²) < 4.78 is 5.33. The smallest absolute Gasteiger partial charge is 0.0818 e. The molecule has 0 aliphatic rings. The Bertz CT molecular complexity index is 239. The third kappa shape index (κ3) is 2.54. The lowest BCUT2D eigenvalue weighted by Crippen LogP contribution is -2.01. The summed E-state index contributed by atoms with van der Waals surface area (Å²) in [6.45, 7) is 2.72. The van der Waals surface area contributed by atoms with Gasteiger partial charge in [-0.05, 0) is 17.5 Å². The van der Waals surface area contributed by atoms with Crippen molar-refractivity contribution >= 4 is 0 Å². The Morgan fingerprint density at radius 2 is 1.92 bits per heavy atom. The fourth-order valence-corrected chi connectivity index (χ4v) is 1.41. The van der Waals surface area contributed by atoms with Crippen LogP contribution in [0.5, 0.6) is 0 Å². The predicted molar refractivity (Wildman–Crippen MR) is 54.4 cm³/mol. The van der Waals surface area contributed by atoms with E-state index in [2.05, 4.69) is 31.2 Å². The summed E-state index contributed by atoms with van der Waals surface area (Å²) in [6, 6.07) is 8.27. The molecule has 72 valence electrons. The van der Waals surface area contributed by atoms with Crippen molar-refractivity contribution in [2.24, 2.45) is 5.73 Å². The molecular formula is C11H17NO. The lowest BCUT2D eigenvalue weighted by atomic mass is 10.1. The van der Waals surface area contributed by atoms with Crippen LogP contribution < -0.4 is 5.73 Å². The van der Waals surface area contributed by atoms with E-state index in [4.69, 9.17) is 10.5 Å². The summed E-state index contributed by atoms with van der Waals surface area (Å²) in [5.74, 6) is 0. The van der Waals surface area contributed by atoms with Crippen molar-refractivity contribution in [1.29, 1.82) is 0 Å². The molecule has 0 radical (unpaired) electrons. The lowest BCUT2D eigenvalue weighted by Gasteiger charge is -2.13. The van der Waals surface area contributed by atoms with Crippen molar-refractivity contribution < 1.29 is 4.74 Å². The molecule has 0 unspecified atom stereocenters. The van der Waals surface area contributed by atoms with Crippen molar-refractivity contribution in [2.75, 3.05) is 7.11 Å². The predicted octanol–water partition coefficient (Wildman–Crippen LogP) is 2.24. The second kappa shape index (κ2) is 5.00. The Morgan fingerprint density at radius 1 is 1.31 bits per heavy atom. The Kier molecular flexibility index (Phi) is 3.93. The van der Waals surface area contributed by atoms with Crippen LogP contribution in [0, 0.1) is 0 Å². The molecule has 0 fully saturated rings. The molecule has 2 nitrogen and oxygen atoms in total. The van der Waals surface area contributed by atoms with Gasteiger partial charge in [-0.1, -0.05) is 31.2 Å². The largest absolute Gasteiger partial charge is 0.377 e. The second-order valence-electron chi connectivity index (χ2n) is 3.08. The van der Waals surface area contributed by atoms with E-state index in [1.54, 1.807) is 7.11 Å². The number of rotatable bonds is 4. The minimum atomic E-state index is 0.215. The second-order valence-corrected chi connectivity index (χ2v) is 3.08. The van der Waals surface area contributed by atoms with E-state index in [0.717, 1.165) is 12.0 Å². The first-order valence-corrected chi connectivity index (χ1v) is 4.63. The number of hydrogen-bond donors (Lipinski definition) is 1. The highest BCUT2D eigenvalue weighted by Gasteiger charge is 2.06. The molecule has 0 bridgehead atoms. The summed E-state index contributed by atoms with van der Waals surface area (Å²) in [5.41, 5.74) is 7.90. The summed E-state index contributed by atoms with van der Waals surface area (Å²) in [4.78, 5) is 0. The molecule has 0 spiro atoms. The molecule has 1 aromatic rings. The number of hydrogen-bond acceptors (Lipinski definition) is 2. The number of benzene rings is 1. The maximum Gasteiger partial charge on any atom is 0.0818 e. The minimum absolute atomic E-state index is 0.215. The minimum Gasteiger partial charge on any atom is -0.377 e. The van der Waals surface area contributed by atoms with Gasteiger partial charge in [0.05, 0.1) is 6.10 Å². The van der Waals surface area contributed by atoms with Crippen LogP contribution in [0.3, 0.4) is 0 Å². The van der Waals surface area contributed by atoms with Gasteiger partial charge in [0.15, 0.2) is 0 Å². The van der Waals surface area contributed by atoms with Crippen LogP contribution in [-0.4, -0.2) is 7.11 Å². The number of ether oxygens (including phenoxy) is 1. The van der Waals surface area contributed by atoms with Gasteiger partial charge in [-0.3, -0.25) is 0 Å². The first-order valence-electron chi connectivity index (χ1n) is 4.63. The van der Waals surface area contributed by atoms with E-state index in [0.29, 0.717) is 6.54 Å². The molecule has 1 aromatic carbocycles. The third-order valence-corrected chi connectivity index (χ3v) is 2.24. The molecule has 2 heteroatoms. The van der Waals surface area contributed by atoms with Crippen molar-refractivity contribution in [2.45, 2.75) is 26.0 Å². The Labute approximate surface area is 79.7 Å². The highest BCUT2D eigenvalue weighted by atomic mass is 16.5. The molecule has 0 heterocycles. The van der Waals surface area contributed by atoms with Gasteiger partial charge in [-0.2, -0.15) is 0 Å². The van der Waals surface area contributed by atoms with Gasteiger partial charge in [0.1, 0.15) is 0 Å². The Morgan fingerprint density at radius 3 is 2.31 bits per heavy atom.